The van der Waals surface area contributed by atoms with Crippen molar-refractivity contribution in [3.63, 3.8) is 0 Å². The minimum absolute atomic E-state index is 0.129. The van der Waals surface area contributed by atoms with Crippen LogP contribution in [0.15, 0.2) is 0 Å². The van der Waals surface area contributed by atoms with Crippen LogP contribution in [-0.4, -0.2) is 35.7 Å². The molecule has 0 bridgehead atoms. The van der Waals surface area contributed by atoms with E-state index in [9.17, 15) is 0 Å². The molecule has 0 spiro atoms. The van der Waals surface area contributed by atoms with Gasteiger partial charge >= 0.3 is 0 Å². The van der Waals surface area contributed by atoms with Crippen molar-refractivity contribution in [2.24, 2.45) is 5.41 Å². The van der Waals surface area contributed by atoms with Crippen LogP contribution in [0.4, 0.5) is 0 Å². The molecule has 0 atom stereocenters. The zero-order chi connectivity index (χ0) is 9.19. The fourth-order valence-corrected chi connectivity index (χ4v) is 1.22. The van der Waals surface area contributed by atoms with Crippen molar-refractivity contribution in [3.05, 3.63) is 0 Å². The first kappa shape index (κ1) is 9.50. The predicted molar refractivity (Wildman–Crippen MR) is 46.5 cm³/mol. The second-order valence-electron chi connectivity index (χ2n) is 4.16. The van der Waals surface area contributed by atoms with Gasteiger partial charge in [0.25, 0.3) is 0 Å². The molecule has 1 aliphatic heterocycles. The first-order valence-corrected chi connectivity index (χ1v) is 4.35. The third-order valence-corrected chi connectivity index (χ3v) is 2.29. The number of aliphatic hydroxyl groups excluding tert-OH is 1. The highest BCUT2D eigenvalue weighted by Gasteiger charge is 2.26. The number of hydrogen-bond donors (Lipinski definition) is 1. The molecule has 1 rings (SSSR count). The molecular formula is C9H16N2O. The number of β-amino-alcohol motifs (C(OH)–C–C–N with tert-alkyl or cyclic N) is 1. The van der Waals surface area contributed by atoms with E-state index in [0.29, 0.717) is 0 Å². The standard InChI is InChI=1S/C9H16N2O/c1-9(2,7-10)3-4-11-5-8(12)6-11/h8,12H,3-6H2,1-2H3. The maximum absolute atomic E-state index is 9.00. The van der Waals surface area contributed by atoms with E-state index in [1.54, 1.807) is 0 Å². The normalized spacial score (nSPS) is 20.2. The van der Waals surface area contributed by atoms with E-state index in [1.165, 1.54) is 0 Å². The van der Waals surface area contributed by atoms with Crippen molar-refractivity contribution < 1.29 is 5.11 Å². The Morgan fingerprint density at radius 2 is 2.17 bits per heavy atom. The molecule has 0 unspecified atom stereocenters. The fourth-order valence-electron chi connectivity index (χ4n) is 1.22. The van der Waals surface area contributed by atoms with Gasteiger partial charge in [0.2, 0.25) is 0 Å². The highest BCUT2D eigenvalue weighted by atomic mass is 16.3. The summed E-state index contributed by atoms with van der Waals surface area (Å²) in [4.78, 5) is 2.17. The summed E-state index contributed by atoms with van der Waals surface area (Å²) in [6.07, 6.45) is 0.756. The van der Waals surface area contributed by atoms with Gasteiger partial charge in [-0.05, 0) is 26.8 Å². The lowest BCUT2D eigenvalue weighted by Gasteiger charge is -2.36. The molecular weight excluding hydrogens is 152 g/mol. The molecule has 3 heteroatoms. The Kier molecular flexibility index (Phi) is 2.71. The third-order valence-electron chi connectivity index (χ3n) is 2.29. The van der Waals surface area contributed by atoms with E-state index < -0.39 is 0 Å². The summed E-state index contributed by atoms with van der Waals surface area (Å²) in [6.45, 7) is 6.38. The van der Waals surface area contributed by atoms with Gasteiger partial charge in [-0.2, -0.15) is 5.26 Å². The summed E-state index contributed by atoms with van der Waals surface area (Å²) in [5.41, 5.74) is -0.222. The Hall–Kier alpha value is -0.590. The lowest BCUT2D eigenvalue weighted by Crippen LogP contribution is -2.51. The van der Waals surface area contributed by atoms with Crippen LogP contribution in [0.1, 0.15) is 20.3 Å². The molecule has 1 heterocycles. The highest BCUT2D eigenvalue weighted by Crippen LogP contribution is 2.20. The summed E-state index contributed by atoms with van der Waals surface area (Å²) in [6, 6.07) is 2.27. The molecule has 0 aromatic rings. The summed E-state index contributed by atoms with van der Waals surface area (Å²) >= 11 is 0. The van der Waals surface area contributed by atoms with Gasteiger partial charge in [-0.1, -0.05) is 0 Å². The quantitative estimate of drug-likeness (QED) is 0.671. The van der Waals surface area contributed by atoms with Crippen LogP contribution in [0.3, 0.4) is 0 Å². The fraction of sp³-hybridized carbons (Fsp3) is 0.889. The van der Waals surface area contributed by atoms with Crippen LogP contribution in [0.25, 0.3) is 0 Å². The van der Waals surface area contributed by atoms with Crippen molar-refractivity contribution >= 4 is 0 Å². The van der Waals surface area contributed by atoms with Crippen molar-refractivity contribution in [2.45, 2.75) is 26.4 Å². The van der Waals surface area contributed by atoms with E-state index in [-0.39, 0.29) is 11.5 Å². The summed E-state index contributed by atoms with van der Waals surface area (Å²) < 4.78 is 0. The van der Waals surface area contributed by atoms with Gasteiger partial charge in [0, 0.05) is 13.1 Å². The van der Waals surface area contributed by atoms with Crippen molar-refractivity contribution in [2.75, 3.05) is 19.6 Å². The lowest BCUT2D eigenvalue weighted by molar-refractivity contribution is -0.00164. The zero-order valence-electron chi connectivity index (χ0n) is 7.75. The monoisotopic (exact) mass is 168 g/mol. The summed E-state index contributed by atoms with van der Waals surface area (Å²) in [5, 5.41) is 17.7. The largest absolute Gasteiger partial charge is 0.390 e. The number of nitriles is 1. The molecule has 1 fully saturated rings. The van der Waals surface area contributed by atoms with E-state index in [4.69, 9.17) is 10.4 Å². The topological polar surface area (TPSA) is 47.3 Å². The number of hydrogen-bond acceptors (Lipinski definition) is 3. The van der Waals surface area contributed by atoms with Crippen LogP contribution in [0, 0.1) is 16.7 Å². The van der Waals surface area contributed by atoms with Gasteiger partial charge in [-0.15, -0.1) is 0 Å². The van der Waals surface area contributed by atoms with Crippen LogP contribution < -0.4 is 0 Å². The molecule has 0 aliphatic carbocycles. The predicted octanol–water partition coefficient (Wildman–Crippen LogP) is 0.603. The SMILES string of the molecule is CC(C)(C#N)CCN1CC(O)C1. The third kappa shape index (κ3) is 2.47. The van der Waals surface area contributed by atoms with Crippen LogP contribution in [0.2, 0.25) is 0 Å². The minimum atomic E-state index is -0.222. The van der Waals surface area contributed by atoms with E-state index in [1.807, 2.05) is 13.8 Å². The second kappa shape index (κ2) is 3.42. The van der Waals surface area contributed by atoms with E-state index in [2.05, 4.69) is 11.0 Å². The average Bonchev–Trinajstić information content (AvgIpc) is 1.96. The minimum Gasteiger partial charge on any atom is -0.390 e. The first-order valence-electron chi connectivity index (χ1n) is 4.35. The molecule has 3 nitrogen and oxygen atoms in total. The van der Waals surface area contributed by atoms with Crippen LogP contribution >= 0.6 is 0 Å². The molecule has 1 saturated heterocycles. The lowest BCUT2D eigenvalue weighted by atomic mass is 9.91. The highest BCUT2D eigenvalue weighted by molar-refractivity contribution is 4.93. The first-order chi connectivity index (χ1) is 5.53. The van der Waals surface area contributed by atoms with Crippen LogP contribution in [-0.2, 0) is 0 Å². The van der Waals surface area contributed by atoms with Crippen LogP contribution in [0.5, 0.6) is 0 Å². The number of nitrogens with zero attached hydrogens (tertiary/aromatic N) is 2. The van der Waals surface area contributed by atoms with Crippen molar-refractivity contribution in [1.82, 2.24) is 4.90 Å². The molecule has 0 radical (unpaired) electrons. The molecule has 68 valence electrons. The molecule has 0 amide bonds. The Labute approximate surface area is 73.6 Å². The van der Waals surface area contributed by atoms with Gasteiger partial charge in [-0.3, -0.25) is 4.90 Å². The van der Waals surface area contributed by atoms with Gasteiger partial charge in [0.1, 0.15) is 0 Å². The van der Waals surface area contributed by atoms with Gasteiger partial charge in [0.05, 0.1) is 17.6 Å². The van der Waals surface area contributed by atoms with Gasteiger partial charge < -0.3 is 5.11 Å². The summed E-state index contributed by atoms with van der Waals surface area (Å²) in [7, 11) is 0. The maximum Gasteiger partial charge on any atom is 0.0793 e. The zero-order valence-corrected chi connectivity index (χ0v) is 7.75. The van der Waals surface area contributed by atoms with E-state index >= 15 is 0 Å². The van der Waals surface area contributed by atoms with Crippen molar-refractivity contribution in [3.8, 4) is 6.07 Å². The molecule has 0 aromatic heterocycles. The molecule has 1 N–H and O–H groups in total. The van der Waals surface area contributed by atoms with Gasteiger partial charge in [0.15, 0.2) is 0 Å². The summed E-state index contributed by atoms with van der Waals surface area (Å²) in [5.74, 6) is 0. The molecule has 0 aromatic carbocycles. The Morgan fingerprint density at radius 3 is 2.58 bits per heavy atom. The number of aliphatic hydroxyl groups is 1. The molecule has 0 saturated carbocycles. The van der Waals surface area contributed by atoms with Crippen molar-refractivity contribution in [1.29, 1.82) is 5.26 Å². The molecule has 12 heavy (non-hydrogen) atoms. The van der Waals surface area contributed by atoms with E-state index in [0.717, 1.165) is 26.1 Å². The Bertz CT molecular complexity index is 189. The second-order valence-corrected chi connectivity index (χ2v) is 4.16. The Balaban J connectivity index is 2.15. The van der Waals surface area contributed by atoms with Gasteiger partial charge in [-0.25, -0.2) is 0 Å². The Morgan fingerprint density at radius 1 is 1.58 bits per heavy atom. The molecule has 1 aliphatic rings. The average molecular weight is 168 g/mol. The maximum atomic E-state index is 9.00. The number of likely N-dealkylation sites (tertiary alicyclic amines) is 1. The number of rotatable bonds is 3. The smallest absolute Gasteiger partial charge is 0.0793 e.